The maximum atomic E-state index is 12.3. The quantitative estimate of drug-likeness (QED) is 0.756. The van der Waals surface area contributed by atoms with Crippen LogP contribution >= 0.6 is 0 Å². The summed E-state index contributed by atoms with van der Waals surface area (Å²) < 4.78 is 0. The third-order valence-corrected chi connectivity index (χ3v) is 3.36. The fraction of sp³-hybridized carbons (Fsp3) is 0.462. The lowest BCUT2D eigenvalue weighted by Crippen LogP contribution is -2.47. The number of carbonyl (C=O) groups is 1. The first-order valence-corrected chi connectivity index (χ1v) is 6.17. The summed E-state index contributed by atoms with van der Waals surface area (Å²) in [7, 11) is 3.88. The van der Waals surface area contributed by atoms with Gasteiger partial charge in [-0.3, -0.25) is 4.79 Å². The van der Waals surface area contributed by atoms with Crippen molar-refractivity contribution in [3.8, 4) is 0 Å². The summed E-state index contributed by atoms with van der Waals surface area (Å²) >= 11 is 0. The van der Waals surface area contributed by atoms with E-state index in [-0.39, 0.29) is 5.91 Å². The first kappa shape index (κ1) is 12.7. The zero-order chi connectivity index (χ0) is 13.1. The van der Waals surface area contributed by atoms with Crippen molar-refractivity contribution in [2.45, 2.75) is 0 Å². The van der Waals surface area contributed by atoms with Gasteiger partial charge in [-0.2, -0.15) is 0 Å². The molecule has 5 nitrogen and oxygen atoms in total. The maximum absolute atomic E-state index is 12.3. The standard InChI is InChI=1S/C13H20N4O/c1-15-12-4-3-10(9-11(12)14)13(18)17-7-5-16(2)6-8-17/h3-4,9,15H,5-8,14H2,1-2H3. The van der Waals surface area contributed by atoms with Crippen LogP contribution in [0.5, 0.6) is 0 Å². The van der Waals surface area contributed by atoms with Crippen molar-refractivity contribution in [2.75, 3.05) is 51.3 Å². The molecule has 0 atom stereocenters. The van der Waals surface area contributed by atoms with Crippen molar-refractivity contribution < 1.29 is 4.79 Å². The molecule has 18 heavy (non-hydrogen) atoms. The predicted octanol–water partition coefficient (Wildman–Crippen LogP) is 0.698. The monoisotopic (exact) mass is 248 g/mol. The van der Waals surface area contributed by atoms with Crippen molar-refractivity contribution in [1.29, 1.82) is 0 Å². The number of hydrogen-bond acceptors (Lipinski definition) is 4. The first-order valence-electron chi connectivity index (χ1n) is 6.17. The van der Waals surface area contributed by atoms with Crippen LogP contribution < -0.4 is 11.1 Å². The molecule has 1 aromatic rings. The Labute approximate surface area is 108 Å². The summed E-state index contributed by atoms with van der Waals surface area (Å²) in [4.78, 5) is 16.4. The number of anilines is 2. The summed E-state index contributed by atoms with van der Waals surface area (Å²) in [5.41, 5.74) is 8.00. The van der Waals surface area contributed by atoms with Gasteiger partial charge in [-0.1, -0.05) is 0 Å². The Morgan fingerprint density at radius 3 is 2.50 bits per heavy atom. The number of amides is 1. The molecule has 1 aromatic carbocycles. The molecule has 3 N–H and O–H groups in total. The number of rotatable bonds is 2. The number of nitrogen functional groups attached to an aromatic ring is 1. The van der Waals surface area contributed by atoms with Gasteiger partial charge in [0, 0.05) is 38.8 Å². The van der Waals surface area contributed by atoms with E-state index in [1.807, 2.05) is 24.1 Å². The normalized spacial score (nSPS) is 16.7. The molecule has 2 rings (SSSR count). The highest BCUT2D eigenvalue weighted by Crippen LogP contribution is 2.20. The Balaban J connectivity index is 2.11. The predicted molar refractivity (Wildman–Crippen MR) is 73.8 cm³/mol. The molecule has 1 heterocycles. The first-order chi connectivity index (χ1) is 8.61. The molecule has 0 aromatic heterocycles. The van der Waals surface area contributed by atoms with Gasteiger partial charge in [0.1, 0.15) is 0 Å². The van der Waals surface area contributed by atoms with E-state index in [0.29, 0.717) is 11.3 Å². The highest BCUT2D eigenvalue weighted by molar-refractivity contribution is 5.96. The Hall–Kier alpha value is -1.75. The number of likely N-dealkylation sites (N-methyl/N-ethyl adjacent to an activating group) is 1. The van der Waals surface area contributed by atoms with E-state index in [9.17, 15) is 4.79 Å². The van der Waals surface area contributed by atoms with Gasteiger partial charge in [0.2, 0.25) is 0 Å². The summed E-state index contributed by atoms with van der Waals surface area (Å²) in [6.45, 7) is 3.41. The Bertz CT molecular complexity index is 439. The molecule has 1 amide bonds. The summed E-state index contributed by atoms with van der Waals surface area (Å²) in [6, 6.07) is 5.41. The summed E-state index contributed by atoms with van der Waals surface area (Å²) in [6.07, 6.45) is 0. The molecule has 0 aliphatic carbocycles. The van der Waals surface area contributed by atoms with Gasteiger partial charge in [-0.15, -0.1) is 0 Å². The highest BCUT2D eigenvalue weighted by Gasteiger charge is 2.20. The van der Waals surface area contributed by atoms with E-state index in [1.54, 1.807) is 6.07 Å². The number of hydrogen-bond donors (Lipinski definition) is 2. The molecular weight excluding hydrogens is 228 g/mol. The summed E-state index contributed by atoms with van der Waals surface area (Å²) in [5.74, 6) is 0.0671. The van der Waals surface area contributed by atoms with E-state index < -0.39 is 0 Å². The van der Waals surface area contributed by atoms with Crippen LogP contribution in [0, 0.1) is 0 Å². The molecule has 98 valence electrons. The molecule has 1 aliphatic rings. The van der Waals surface area contributed by atoms with Gasteiger partial charge in [0.05, 0.1) is 11.4 Å². The maximum Gasteiger partial charge on any atom is 0.254 e. The Kier molecular flexibility index (Phi) is 3.72. The number of nitrogens with zero attached hydrogens (tertiary/aromatic N) is 2. The average molecular weight is 248 g/mol. The van der Waals surface area contributed by atoms with Crippen molar-refractivity contribution in [1.82, 2.24) is 9.80 Å². The number of nitrogens with two attached hydrogens (primary N) is 1. The number of piperazine rings is 1. The van der Waals surface area contributed by atoms with Gasteiger partial charge in [-0.05, 0) is 25.2 Å². The summed E-state index contributed by atoms with van der Waals surface area (Å²) in [5, 5.41) is 2.99. The molecular formula is C13H20N4O. The number of carbonyl (C=O) groups excluding carboxylic acids is 1. The minimum atomic E-state index is 0.0671. The highest BCUT2D eigenvalue weighted by atomic mass is 16.2. The second-order valence-corrected chi connectivity index (χ2v) is 4.65. The van der Waals surface area contributed by atoms with Gasteiger partial charge in [0.15, 0.2) is 0 Å². The van der Waals surface area contributed by atoms with Crippen LogP contribution in [0.15, 0.2) is 18.2 Å². The second-order valence-electron chi connectivity index (χ2n) is 4.65. The van der Waals surface area contributed by atoms with E-state index in [1.165, 1.54) is 0 Å². The molecule has 0 spiro atoms. The minimum Gasteiger partial charge on any atom is -0.397 e. The van der Waals surface area contributed by atoms with E-state index in [4.69, 9.17) is 5.73 Å². The number of benzene rings is 1. The molecule has 1 saturated heterocycles. The van der Waals surface area contributed by atoms with Crippen molar-refractivity contribution >= 4 is 17.3 Å². The van der Waals surface area contributed by atoms with Crippen LogP contribution in [0.2, 0.25) is 0 Å². The molecule has 0 bridgehead atoms. The van der Waals surface area contributed by atoms with E-state index in [0.717, 1.165) is 31.9 Å². The molecule has 5 heteroatoms. The van der Waals surface area contributed by atoms with Crippen LogP contribution in [0.1, 0.15) is 10.4 Å². The van der Waals surface area contributed by atoms with Crippen molar-refractivity contribution in [2.24, 2.45) is 0 Å². The molecule has 0 saturated carbocycles. The largest absolute Gasteiger partial charge is 0.397 e. The van der Waals surface area contributed by atoms with Crippen LogP contribution in [0.25, 0.3) is 0 Å². The van der Waals surface area contributed by atoms with Gasteiger partial charge in [-0.25, -0.2) is 0 Å². The van der Waals surface area contributed by atoms with Crippen LogP contribution in [-0.2, 0) is 0 Å². The van der Waals surface area contributed by atoms with Gasteiger partial charge < -0.3 is 20.9 Å². The lowest BCUT2D eigenvalue weighted by molar-refractivity contribution is 0.0664. The smallest absolute Gasteiger partial charge is 0.254 e. The van der Waals surface area contributed by atoms with Crippen molar-refractivity contribution in [3.63, 3.8) is 0 Å². The molecule has 1 aliphatic heterocycles. The zero-order valence-electron chi connectivity index (χ0n) is 10.9. The Morgan fingerprint density at radius 2 is 1.94 bits per heavy atom. The van der Waals surface area contributed by atoms with Crippen LogP contribution in [0.3, 0.4) is 0 Å². The van der Waals surface area contributed by atoms with Gasteiger partial charge >= 0.3 is 0 Å². The number of nitrogens with one attached hydrogen (secondary N) is 1. The van der Waals surface area contributed by atoms with Crippen LogP contribution in [0.4, 0.5) is 11.4 Å². The van der Waals surface area contributed by atoms with E-state index in [2.05, 4.69) is 17.3 Å². The van der Waals surface area contributed by atoms with Crippen LogP contribution in [-0.4, -0.2) is 56.0 Å². The minimum absolute atomic E-state index is 0.0671. The zero-order valence-corrected chi connectivity index (χ0v) is 10.9. The van der Waals surface area contributed by atoms with E-state index >= 15 is 0 Å². The average Bonchev–Trinajstić information content (AvgIpc) is 2.38. The van der Waals surface area contributed by atoms with Gasteiger partial charge in [0.25, 0.3) is 5.91 Å². The lowest BCUT2D eigenvalue weighted by Gasteiger charge is -2.32. The fourth-order valence-electron chi connectivity index (χ4n) is 2.12. The third-order valence-electron chi connectivity index (χ3n) is 3.36. The molecule has 0 radical (unpaired) electrons. The SMILES string of the molecule is CNc1ccc(C(=O)N2CCN(C)CC2)cc1N. The second kappa shape index (κ2) is 5.27. The topological polar surface area (TPSA) is 61.6 Å². The third kappa shape index (κ3) is 2.56. The molecule has 0 unspecified atom stereocenters. The Morgan fingerprint density at radius 1 is 1.28 bits per heavy atom. The molecule has 1 fully saturated rings. The van der Waals surface area contributed by atoms with Crippen molar-refractivity contribution in [3.05, 3.63) is 23.8 Å². The fourth-order valence-corrected chi connectivity index (χ4v) is 2.12. The lowest BCUT2D eigenvalue weighted by atomic mass is 10.1.